The molecule has 0 aliphatic carbocycles. The summed E-state index contributed by atoms with van der Waals surface area (Å²) in [6.07, 6.45) is 0.424. The Morgan fingerprint density at radius 1 is 0.960 bits per heavy atom. The van der Waals surface area contributed by atoms with Gasteiger partial charge in [0.2, 0.25) is 0 Å². The molecule has 0 aliphatic rings. The second-order valence-corrected chi connectivity index (χ2v) is 6.24. The number of amides is 1. The van der Waals surface area contributed by atoms with E-state index in [-0.39, 0.29) is 11.9 Å². The first-order valence-electron chi connectivity index (χ1n) is 7.90. The number of fused-ring (bicyclic) bond motifs is 1. The number of carbonyl (C=O) groups excluding carboxylic acids is 1. The molecular weight excluding hydrogens is 334 g/mol. The van der Waals surface area contributed by atoms with Crippen molar-refractivity contribution in [3.63, 3.8) is 0 Å². The molecule has 0 aliphatic heterocycles. The van der Waals surface area contributed by atoms with Crippen LogP contribution in [-0.2, 0) is 11.2 Å². The zero-order chi connectivity index (χ0) is 17.8. The molecule has 0 saturated carbocycles. The number of benzene rings is 3. The lowest BCUT2D eigenvalue weighted by Crippen LogP contribution is -2.26. The van der Waals surface area contributed by atoms with Gasteiger partial charge >= 0.3 is 0 Å². The maximum atomic E-state index is 12.6. The SMILES string of the molecule is NC(N)=NC(=O)C(Cc1ccccc1Cl)c1ccc2ccccc2c1. The van der Waals surface area contributed by atoms with Gasteiger partial charge in [0.15, 0.2) is 5.96 Å². The molecule has 0 spiro atoms. The summed E-state index contributed by atoms with van der Waals surface area (Å²) in [4.78, 5) is 16.4. The molecule has 0 radical (unpaired) electrons. The van der Waals surface area contributed by atoms with E-state index in [0.29, 0.717) is 11.4 Å². The zero-order valence-electron chi connectivity index (χ0n) is 13.5. The summed E-state index contributed by atoms with van der Waals surface area (Å²) in [5.74, 6) is -1.13. The minimum Gasteiger partial charge on any atom is -0.370 e. The van der Waals surface area contributed by atoms with Gasteiger partial charge in [0.05, 0.1) is 5.92 Å². The van der Waals surface area contributed by atoms with Crippen molar-refractivity contribution in [2.75, 3.05) is 0 Å². The Morgan fingerprint density at radius 2 is 1.64 bits per heavy atom. The van der Waals surface area contributed by atoms with Crippen LogP contribution in [0.3, 0.4) is 0 Å². The maximum absolute atomic E-state index is 12.6. The van der Waals surface area contributed by atoms with Gasteiger partial charge in [-0.15, -0.1) is 0 Å². The fourth-order valence-electron chi connectivity index (χ4n) is 2.86. The van der Waals surface area contributed by atoms with Crippen molar-refractivity contribution in [3.8, 4) is 0 Å². The van der Waals surface area contributed by atoms with Crippen LogP contribution in [0, 0.1) is 0 Å². The minimum absolute atomic E-state index is 0.241. The Balaban J connectivity index is 2.04. The van der Waals surface area contributed by atoms with Crippen LogP contribution in [0.2, 0.25) is 5.02 Å². The molecule has 3 rings (SSSR count). The highest BCUT2D eigenvalue weighted by atomic mass is 35.5. The number of aliphatic imine (C=N–C) groups is 1. The van der Waals surface area contributed by atoms with Crippen molar-refractivity contribution >= 4 is 34.2 Å². The third-order valence-electron chi connectivity index (χ3n) is 4.10. The smallest absolute Gasteiger partial charge is 0.256 e. The van der Waals surface area contributed by atoms with Gasteiger partial charge in [0.25, 0.3) is 5.91 Å². The third kappa shape index (κ3) is 3.98. The van der Waals surface area contributed by atoms with Gasteiger partial charge in [-0.3, -0.25) is 4.79 Å². The lowest BCUT2D eigenvalue weighted by Gasteiger charge is -2.16. The number of hydrogen-bond donors (Lipinski definition) is 2. The number of halogens is 1. The number of nitrogens with two attached hydrogens (primary N) is 2. The van der Waals surface area contributed by atoms with Gasteiger partial charge in [-0.05, 0) is 34.4 Å². The summed E-state index contributed by atoms with van der Waals surface area (Å²) in [5, 5.41) is 2.78. The highest BCUT2D eigenvalue weighted by molar-refractivity contribution is 6.31. The Labute approximate surface area is 151 Å². The number of guanidine groups is 1. The normalized spacial score (nSPS) is 11.9. The first-order chi connectivity index (χ1) is 12.0. The van der Waals surface area contributed by atoms with E-state index in [9.17, 15) is 4.79 Å². The van der Waals surface area contributed by atoms with Gasteiger partial charge in [-0.25, -0.2) is 0 Å². The first-order valence-corrected chi connectivity index (χ1v) is 8.28. The predicted molar refractivity (Wildman–Crippen MR) is 103 cm³/mol. The molecule has 0 heterocycles. The van der Waals surface area contributed by atoms with Crippen LogP contribution in [0.25, 0.3) is 10.8 Å². The maximum Gasteiger partial charge on any atom is 0.256 e. The Bertz CT molecular complexity index is 948. The van der Waals surface area contributed by atoms with Crippen molar-refractivity contribution < 1.29 is 4.79 Å². The highest BCUT2D eigenvalue weighted by Crippen LogP contribution is 2.28. The molecule has 0 bridgehead atoms. The molecule has 0 aromatic heterocycles. The average molecular weight is 352 g/mol. The molecule has 1 amide bonds. The van der Waals surface area contributed by atoms with Crippen molar-refractivity contribution in [1.29, 1.82) is 0 Å². The second-order valence-electron chi connectivity index (χ2n) is 5.83. The summed E-state index contributed by atoms with van der Waals surface area (Å²) in [5.41, 5.74) is 12.5. The van der Waals surface area contributed by atoms with E-state index >= 15 is 0 Å². The van der Waals surface area contributed by atoms with Crippen LogP contribution in [0.5, 0.6) is 0 Å². The summed E-state index contributed by atoms with van der Waals surface area (Å²) < 4.78 is 0. The van der Waals surface area contributed by atoms with E-state index in [1.165, 1.54) is 0 Å². The Kier molecular flexibility index (Phi) is 5.00. The Hall–Kier alpha value is -2.85. The molecule has 4 N–H and O–H groups in total. The van der Waals surface area contributed by atoms with E-state index in [0.717, 1.165) is 21.9 Å². The number of hydrogen-bond acceptors (Lipinski definition) is 1. The van der Waals surface area contributed by atoms with Crippen molar-refractivity contribution in [2.45, 2.75) is 12.3 Å². The standard InChI is InChI=1S/C20H18ClN3O/c21-18-8-4-3-7-16(18)12-17(19(25)24-20(22)23)15-10-9-13-5-1-2-6-14(13)11-15/h1-11,17H,12H2,(H4,22,23,24,25). The summed E-state index contributed by atoms with van der Waals surface area (Å²) in [7, 11) is 0. The molecule has 25 heavy (non-hydrogen) atoms. The zero-order valence-corrected chi connectivity index (χ0v) is 14.3. The van der Waals surface area contributed by atoms with Crippen LogP contribution < -0.4 is 11.5 Å². The number of rotatable bonds is 4. The van der Waals surface area contributed by atoms with Crippen LogP contribution >= 0.6 is 11.6 Å². The minimum atomic E-state index is -0.508. The van der Waals surface area contributed by atoms with Gasteiger partial charge in [0, 0.05) is 5.02 Å². The molecule has 4 nitrogen and oxygen atoms in total. The first kappa shape index (κ1) is 17.0. The van der Waals surface area contributed by atoms with Crippen LogP contribution in [-0.4, -0.2) is 11.9 Å². The van der Waals surface area contributed by atoms with E-state index in [1.807, 2.05) is 60.7 Å². The van der Waals surface area contributed by atoms with Crippen LogP contribution in [0.15, 0.2) is 71.7 Å². The quantitative estimate of drug-likeness (QED) is 0.556. The molecule has 3 aromatic carbocycles. The largest absolute Gasteiger partial charge is 0.370 e. The van der Waals surface area contributed by atoms with Crippen molar-refractivity contribution in [1.82, 2.24) is 0 Å². The molecule has 0 saturated heterocycles. The van der Waals surface area contributed by atoms with Crippen LogP contribution in [0.4, 0.5) is 0 Å². The third-order valence-corrected chi connectivity index (χ3v) is 4.46. The molecule has 5 heteroatoms. The highest BCUT2D eigenvalue weighted by Gasteiger charge is 2.22. The van der Waals surface area contributed by atoms with E-state index in [4.69, 9.17) is 23.1 Å². The van der Waals surface area contributed by atoms with Gasteiger partial charge in [-0.1, -0.05) is 72.3 Å². The topological polar surface area (TPSA) is 81.5 Å². The lowest BCUT2D eigenvalue weighted by atomic mass is 9.90. The fraction of sp³-hybridized carbons (Fsp3) is 0.100. The molecule has 3 aromatic rings. The fourth-order valence-corrected chi connectivity index (χ4v) is 3.07. The summed E-state index contributed by atoms with van der Waals surface area (Å²) in [6, 6.07) is 21.4. The monoisotopic (exact) mass is 351 g/mol. The molecule has 0 fully saturated rings. The predicted octanol–water partition coefficient (Wildman–Crippen LogP) is 3.62. The van der Waals surface area contributed by atoms with Crippen LogP contribution in [0.1, 0.15) is 17.0 Å². The van der Waals surface area contributed by atoms with Crippen molar-refractivity contribution in [3.05, 3.63) is 82.9 Å². The molecule has 126 valence electrons. The number of carbonyl (C=O) groups is 1. The molecular formula is C20H18ClN3O. The second kappa shape index (κ2) is 7.36. The number of nitrogens with zero attached hydrogens (tertiary/aromatic N) is 1. The Morgan fingerprint density at radius 3 is 2.36 bits per heavy atom. The van der Waals surface area contributed by atoms with E-state index < -0.39 is 5.92 Å². The molecule has 1 unspecified atom stereocenters. The lowest BCUT2D eigenvalue weighted by molar-refractivity contribution is -0.119. The summed E-state index contributed by atoms with van der Waals surface area (Å²) in [6.45, 7) is 0. The van der Waals surface area contributed by atoms with E-state index in [2.05, 4.69) is 4.99 Å². The van der Waals surface area contributed by atoms with Crippen molar-refractivity contribution in [2.24, 2.45) is 16.5 Å². The van der Waals surface area contributed by atoms with E-state index in [1.54, 1.807) is 6.07 Å². The summed E-state index contributed by atoms with van der Waals surface area (Å²) >= 11 is 6.26. The molecule has 1 atom stereocenters. The van der Waals surface area contributed by atoms with Gasteiger partial charge in [0.1, 0.15) is 0 Å². The van der Waals surface area contributed by atoms with Gasteiger partial charge < -0.3 is 11.5 Å². The van der Waals surface area contributed by atoms with Gasteiger partial charge in [-0.2, -0.15) is 4.99 Å². The average Bonchev–Trinajstić information content (AvgIpc) is 2.60.